The third-order valence-electron chi connectivity index (χ3n) is 7.67. The number of aliphatic hydroxyl groups is 2. The summed E-state index contributed by atoms with van der Waals surface area (Å²) in [5, 5.41) is 21.7. The van der Waals surface area contributed by atoms with Gasteiger partial charge in [-0.05, 0) is 58.8 Å². The van der Waals surface area contributed by atoms with E-state index in [1.54, 1.807) is 0 Å². The van der Waals surface area contributed by atoms with Gasteiger partial charge in [0.25, 0.3) is 0 Å². The number of aliphatic hydroxyl groups excluding tert-OH is 2. The predicted molar refractivity (Wildman–Crippen MR) is 168 cm³/mol. The van der Waals surface area contributed by atoms with Crippen molar-refractivity contribution in [2.24, 2.45) is 5.41 Å². The molecule has 2 N–H and O–H groups in total. The molecule has 40 heavy (non-hydrogen) atoms. The average Bonchev–Trinajstić information content (AvgIpc) is 2.91. The molecule has 2 atom stereocenters. The van der Waals surface area contributed by atoms with E-state index in [1.165, 1.54) is 57.8 Å². The number of rotatable bonds is 30. The molecule has 242 valence electrons. The van der Waals surface area contributed by atoms with Crippen LogP contribution in [0.15, 0.2) is 0 Å². The highest BCUT2D eigenvalue weighted by Crippen LogP contribution is 2.51. The Balaban J connectivity index is 6.02. The van der Waals surface area contributed by atoms with Gasteiger partial charge in [0.2, 0.25) is 12.1 Å². The molecule has 2 unspecified atom stereocenters. The van der Waals surface area contributed by atoms with Gasteiger partial charge in [0, 0.05) is 31.8 Å². The molecule has 0 aromatic rings. The molecule has 0 fully saturated rings. The van der Waals surface area contributed by atoms with Gasteiger partial charge >= 0.3 is 0 Å². The quantitative estimate of drug-likeness (QED) is 0.0659. The van der Waals surface area contributed by atoms with Gasteiger partial charge in [-0.2, -0.15) is 0 Å². The summed E-state index contributed by atoms with van der Waals surface area (Å²) in [6.45, 7) is 16.3. The lowest BCUT2D eigenvalue weighted by molar-refractivity contribution is -0.402. The van der Waals surface area contributed by atoms with E-state index in [0.717, 1.165) is 44.9 Å². The lowest BCUT2D eigenvalue weighted by Crippen LogP contribution is -2.63. The SMILES string of the molecule is CCCCCCCCCCCCCC(CC(C)O)(CC(C)O)C(OCCC)(OCCC)C(OCCC)OCCC. The Hall–Kier alpha value is -0.240. The van der Waals surface area contributed by atoms with Crippen LogP contribution in [0.25, 0.3) is 0 Å². The summed E-state index contributed by atoms with van der Waals surface area (Å²) in [5.41, 5.74) is -0.675. The van der Waals surface area contributed by atoms with Crippen LogP contribution in [0.1, 0.15) is 164 Å². The van der Waals surface area contributed by atoms with Crippen LogP contribution < -0.4 is 0 Å². The molecular weight excluding hydrogens is 504 g/mol. The zero-order valence-electron chi connectivity index (χ0n) is 27.8. The lowest BCUT2D eigenvalue weighted by atomic mass is 9.66. The molecule has 0 aliphatic heterocycles. The molecule has 0 aliphatic rings. The number of unbranched alkanes of at least 4 members (excludes halogenated alkanes) is 10. The van der Waals surface area contributed by atoms with E-state index in [4.69, 9.17) is 18.9 Å². The van der Waals surface area contributed by atoms with Crippen molar-refractivity contribution in [2.75, 3.05) is 26.4 Å². The van der Waals surface area contributed by atoms with Crippen LogP contribution in [0, 0.1) is 5.41 Å². The summed E-state index contributed by atoms with van der Waals surface area (Å²) < 4.78 is 26.3. The minimum Gasteiger partial charge on any atom is -0.393 e. The number of hydrogen-bond acceptors (Lipinski definition) is 6. The number of hydrogen-bond donors (Lipinski definition) is 2. The van der Waals surface area contributed by atoms with Crippen LogP contribution in [-0.2, 0) is 18.9 Å². The smallest absolute Gasteiger partial charge is 0.226 e. The fourth-order valence-electron chi connectivity index (χ4n) is 5.96. The Labute approximate surface area is 249 Å². The molecule has 0 heterocycles. The molecule has 6 nitrogen and oxygen atoms in total. The van der Waals surface area contributed by atoms with Crippen LogP contribution in [0.2, 0.25) is 0 Å². The van der Waals surface area contributed by atoms with Crippen molar-refractivity contribution < 1.29 is 29.2 Å². The van der Waals surface area contributed by atoms with Crippen LogP contribution in [-0.4, -0.2) is 60.9 Å². The normalized spacial score (nSPS) is 15.4. The summed E-state index contributed by atoms with van der Waals surface area (Å²) in [4.78, 5) is 0. The maximum absolute atomic E-state index is 10.9. The second-order valence-electron chi connectivity index (χ2n) is 12.1. The Morgan fingerprint density at radius 3 is 1.23 bits per heavy atom. The van der Waals surface area contributed by atoms with Crippen molar-refractivity contribution in [3.8, 4) is 0 Å². The number of ether oxygens (including phenoxy) is 4. The van der Waals surface area contributed by atoms with Crippen LogP contribution in [0.3, 0.4) is 0 Å². The average molecular weight is 575 g/mol. The summed E-state index contributed by atoms with van der Waals surface area (Å²) in [5.74, 6) is -1.23. The zero-order valence-corrected chi connectivity index (χ0v) is 27.8. The molecule has 0 amide bonds. The Morgan fingerprint density at radius 1 is 0.500 bits per heavy atom. The van der Waals surface area contributed by atoms with Crippen LogP contribution in [0.4, 0.5) is 0 Å². The molecule has 0 spiro atoms. The van der Waals surface area contributed by atoms with Gasteiger partial charge in [0.05, 0.1) is 12.2 Å². The summed E-state index contributed by atoms with van der Waals surface area (Å²) in [6.07, 6.45) is 17.1. The van der Waals surface area contributed by atoms with Gasteiger partial charge in [-0.25, -0.2) is 0 Å². The van der Waals surface area contributed by atoms with E-state index in [2.05, 4.69) is 34.6 Å². The molecule has 0 rings (SSSR count). The lowest BCUT2D eigenvalue weighted by Gasteiger charge is -2.53. The highest BCUT2D eigenvalue weighted by Gasteiger charge is 2.60. The molecule has 0 saturated heterocycles. The Bertz CT molecular complexity index is 513. The molecule has 0 saturated carbocycles. The van der Waals surface area contributed by atoms with Gasteiger partial charge in [0.1, 0.15) is 0 Å². The van der Waals surface area contributed by atoms with E-state index in [-0.39, 0.29) is 0 Å². The molecule has 0 aliphatic carbocycles. The van der Waals surface area contributed by atoms with Gasteiger partial charge in [-0.3, -0.25) is 0 Å². The van der Waals surface area contributed by atoms with Crippen molar-refractivity contribution in [2.45, 2.75) is 188 Å². The summed E-state index contributed by atoms with van der Waals surface area (Å²) in [6, 6.07) is 0. The van der Waals surface area contributed by atoms with Gasteiger partial charge in [-0.1, -0.05) is 105 Å². The van der Waals surface area contributed by atoms with Crippen molar-refractivity contribution in [1.29, 1.82) is 0 Å². The van der Waals surface area contributed by atoms with Crippen molar-refractivity contribution in [3.63, 3.8) is 0 Å². The maximum Gasteiger partial charge on any atom is 0.226 e. The molecule has 0 bridgehead atoms. The topological polar surface area (TPSA) is 77.4 Å². The van der Waals surface area contributed by atoms with Crippen LogP contribution >= 0.6 is 0 Å². The minimum absolute atomic E-state index is 0.449. The molecule has 0 radical (unpaired) electrons. The second-order valence-corrected chi connectivity index (χ2v) is 12.1. The standard InChI is InChI=1S/C34H70O6/c1-8-13-14-15-16-17-18-19-20-21-22-23-33(28-30(6)35,29-31(7)36)34(39-26-11-4,40-27-12-5)32(37-24-9-2)38-25-10-3/h30-32,35-36H,8-29H2,1-7H3. The predicted octanol–water partition coefficient (Wildman–Crippen LogP) is 8.94. The Kier molecular flexibility index (Phi) is 25.1. The second kappa shape index (κ2) is 25.3. The summed E-state index contributed by atoms with van der Waals surface area (Å²) in [7, 11) is 0. The van der Waals surface area contributed by atoms with E-state index in [9.17, 15) is 10.2 Å². The molecule has 0 aromatic carbocycles. The molecule has 6 heteroatoms. The zero-order chi connectivity index (χ0) is 30.1. The first-order chi connectivity index (χ1) is 19.3. The first kappa shape index (κ1) is 39.8. The fraction of sp³-hybridized carbons (Fsp3) is 1.00. The first-order valence-electron chi connectivity index (χ1n) is 17.2. The Morgan fingerprint density at radius 2 is 0.875 bits per heavy atom. The van der Waals surface area contributed by atoms with Gasteiger partial charge in [-0.15, -0.1) is 0 Å². The summed E-state index contributed by atoms with van der Waals surface area (Å²) >= 11 is 0. The van der Waals surface area contributed by atoms with Crippen molar-refractivity contribution >= 4 is 0 Å². The minimum atomic E-state index is -1.23. The van der Waals surface area contributed by atoms with E-state index < -0.39 is 29.7 Å². The third-order valence-corrected chi connectivity index (χ3v) is 7.67. The molecular formula is C34H70O6. The van der Waals surface area contributed by atoms with Gasteiger partial charge in [0.15, 0.2) is 0 Å². The largest absolute Gasteiger partial charge is 0.393 e. The van der Waals surface area contributed by atoms with Crippen LogP contribution in [0.5, 0.6) is 0 Å². The van der Waals surface area contributed by atoms with E-state index >= 15 is 0 Å². The highest BCUT2D eigenvalue weighted by molar-refractivity contribution is 4.99. The first-order valence-corrected chi connectivity index (χ1v) is 17.2. The van der Waals surface area contributed by atoms with E-state index in [1.807, 2.05) is 13.8 Å². The fourth-order valence-corrected chi connectivity index (χ4v) is 5.96. The third kappa shape index (κ3) is 15.8. The maximum atomic E-state index is 10.9. The van der Waals surface area contributed by atoms with Crippen molar-refractivity contribution in [3.05, 3.63) is 0 Å². The molecule has 0 aromatic heterocycles. The van der Waals surface area contributed by atoms with E-state index in [0.29, 0.717) is 39.3 Å². The monoisotopic (exact) mass is 575 g/mol. The highest BCUT2D eigenvalue weighted by atomic mass is 16.8. The van der Waals surface area contributed by atoms with Crippen molar-refractivity contribution in [1.82, 2.24) is 0 Å². The van der Waals surface area contributed by atoms with Gasteiger partial charge < -0.3 is 29.2 Å².